The van der Waals surface area contributed by atoms with E-state index in [2.05, 4.69) is 21.2 Å². The van der Waals surface area contributed by atoms with Crippen molar-refractivity contribution in [3.05, 3.63) is 94.3 Å². The van der Waals surface area contributed by atoms with E-state index in [4.69, 9.17) is 0 Å². The normalized spacial score (nSPS) is 10.8. The number of hydrogen-bond acceptors (Lipinski definition) is 6. The second kappa shape index (κ2) is 8.24. The number of nitro benzene ring substituents is 1. The summed E-state index contributed by atoms with van der Waals surface area (Å²) in [5.41, 5.74) is 4.11. The van der Waals surface area contributed by atoms with Crippen LogP contribution in [0.1, 0.15) is 11.1 Å². The van der Waals surface area contributed by atoms with Crippen LogP contribution >= 0.6 is 11.8 Å². The predicted octanol–water partition coefficient (Wildman–Crippen LogP) is 4.84. The molecule has 7 nitrogen and oxygen atoms in total. The van der Waals surface area contributed by atoms with Crippen LogP contribution in [0.25, 0.3) is 17.1 Å². The summed E-state index contributed by atoms with van der Waals surface area (Å²) in [6.07, 6.45) is 3.46. The van der Waals surface area contributed by atoms with Gasteiger partial charge in [0.15, 0.2) is 11.0 Å². The molecule has 0 atom stereocenters. The number of benzene rings is 2. The first kappa shape index (κ1) is 18.8. The topological polar surface area (TPSA) is 86.7 Å². The van der Waals surface area contributed by atoms with E-state index in [9.17, 15) is 10.1 Å². The largest absolute Gasteiger partial charge is 0.270 e. The van der Waals surface area contributed by atoms with Crippen LogP contribution in [0.5, 0.6) is 0 Å². The SMILES string of the molecule is Cc1cccc(-n2c(SCc3ccc([N+](=O)[O-])cc3)nnc2-c2ccncc2)c1. The minimum absolute atomic E-state index is 0.0849. The molecule has 4 aromatic rings. The maximum Gasteiger partial charge on any atom is 0.269 e. The van der Waals surface area contributed by atoms with Crippen molar-refractivity contribution >= 4 is 17.4 Å². The molecule has 2 aromatic carbocycles. The zero-order chi connectivity index (χ0) is 20.2. The fraction of sp³-hybridized carbons (Fsp3) is 0.0952. The summed E-state index contributed by atoms with van der Waals surface area (Å²) < 4.78 is 2.03. The maximum absolute atomic E-state index is 10.8. The van der Waals surface area contributed by atoms with E-state index in [0.29, 0.717) is 5.75 Å². The predicted molar refractivity (Wildman–Crippen MR) is 112 cm³/mol. The summed E-state index contributed by atoms with van der Waals surface area (Å²) in [6, 6.07) is 18.5. The first-order chi connectivity index (χ1) is 14.1. The highest BCUT2D eigenvalue weighted by Gasteiger charge is 2.16. The first-order valence-electron chi connectivity index (χ1n) is 8.91. The van der Waals surface area contributed by atoms with Crippen LogP contribution in [-0.2, 0) is 5.75 Å². The van der Waals surface area contributed by atoms with Crippen LogP contribution in [0.2, 0.25) is 0 Å². The van der Waals surface area contributed by atoms with E-state index >= 15 is 0 Å². The van der Waals surface area contributed by atoms with Crippen LogP contribution in [0.4, 0.5) is 5.69 Å². The van der Waals surface area contributed by atoms with Gasteiger partial charge in [0.25, 0.3) is 5.69 Å². The Hall–Kier alpha value is -3.52. The zero-order valence-corrected chi connectivity index (χ0v) is 16.4. The summed E-state index contributed by atoms with van der Waals surface area (Å²) in [5, 5.41) is 20.4. The monoisotopic (exact) mass is 403 g/mol. The van der Waals surface area contributed by atoms with E-state index < -0.39 is 4.92 Å². The summed E-state index contributed by atoms with van der Waals surface area (Å²) in [4.78, 5) is 14.5. The average molecular weight is 403 g/mol. The molecule has 0 spiro atoms. The summed E-state index contributed by atoms with van der Waals surface area (Å²) in [7, 11) is 0. The standard InChI is InChI=1S/C21H17N5O2S/c1-15-3-2-4-19(13-15)25-20(17-9-11-22-12-10-17)23-24-21(25)29-14-16-5-7-18(8-6-16)26(27)28/h2-13H,14H2,1H3. The van der Waals surface area contributed by atoms with Gasteiger partial charge in [-0.3, -0.25) is 19.7 Å². The van der Waals surface area contributed by atoms with E-state index in [1.54, 1.807) is 24.5 Å². The van der Waals surface area contributed by atoms with Gasteiger partial charge in [-0.05, 0) is 42.3 Å². The number of thioether (sulfide) groups is 1. The summed E-state index contributed by atoms with van der Waals surface area (Å²) in [5.74, 6) is 1.36. The number of aromatic nitrogens is 4. The van der Waals surface area contributed by atoms with Gasteiger partial charge in [-0.15, -0.1) is 10.2 Å². The molecular formula is C21H17N5O2S. The van der Waals surface area contributed by atoms with Crippen molar-refractivity contribution < 1.29 is 4.92 Å². The maximum atomic E-state index is 10.8. The lowest BCUT2D eigenvalue weighted by Crippen LogP contribution is -2.00. The van der Waals surface area contributed by atoms with Gasteiger partial charge in [0.05, 0.1) is 4.92 Å². The number of nitro groups is 1. The molecule has 0 saturated heterocycles. The quantitative estimate of drug-likeness (QED) is 0.260. The fourth-order valence-corrected chi connectivity index (χ4v) is 3.82. The van der Waals surface area contributed by atoms with Crippen LogP contribution < -0.4 is 0 Å². The Morgan fingerprint density at radius 1 is 1.03 bits per heavy atom. The molecule has 8 heteroatoms. The van der Waals surface area contributed by atoms with Crippen LogP contribution in [0.3, 0.4) is 0 Å². The van der Waals surface area contributed by atoms with Crippen LogP contribution in [0.15, 0.2) is 78.2 Å². The molecule has 4 rings (SSSR count). The number of hydrogen-bond donors (Lipinski definition) is 0. The second-order valence-corrected chi connectivity index (χ2v) is 7.37. The Bertz CT molecular complexity index is 1140. The summed E-state index contributed by atoms with van der Waals surface area (Å²) >= 11 is 1.53. The van der Waals surface area contributed by atoms with E-state index in [1.807, 2.05) is 41.8 Å². The van der Waals surface area contributed by atoms with Crippen molar-refractivity contribution in [2.75, 3.05) is 0 Å². The van der Waals surface area contributed by atoms with Gasteiger partial charge in [0.2, 0.25) is 0 Å². The van der Waals surface area contributed by atoms with Gasteiger partial charge in [-0.2, -0.15) is 0 Å². The third kappa shape index (κ3) is 4.17. The number of rotatable bonds is 6. The Balaban J connectivity index is 1.68. The van der Waals surface area contributed by atoms with E-state index in [-0.39, 0.29) is 5.69 Å². The van der Waals surface area contributed by atoms with E-state index in [1.165, 1.54) is 23.9 Å². The lowest BCUT2D eigenvalue weighted by atomic mass is 10.2. The molecule has 0 aliphatic rings. The Morgan fingerprint density at radius 3 is 2.48 bits per heavy atom. The minimum Gasteiger partial charge on any atom is -0.270 e. The minimum atomic E-state index is -0.397. The van der Waals surface area contributed by atoms with Gasteiger partial charge in [-0.25, -0.2) is 0 Å². The third-order valence-corrected chi connectivity index (χ3v) is 5.35. The lowest BCUT2D eigenvalue weighted by Gasteiger charge is -2.11. The number of nitrogens with zero attached hydrogens (tertiary/aromatic N) is 5. The Kier molecular flexibility index (Phi) is 5.35. The third-order valence-electron chi connectivity index (χ3n) is 4.35. The van der Waals surface area contributed by atoms with E-state index in [0.717, 1.165) is 33.4 Å². The molecular weight excluding hydrogens is 386 g/mol. The molecule has 0 unspecified atom stereocenters. The van der Waals surface area contributed by atoms with Crippen molar-refractivity contribution in [3.63, 3.8) is 0 Å². The van der Waals surface area contributed by atoms with Crippen LogP contribution in [0, 0.1) is 17.0 Å². The van der Waals surface area contributed by atoms with Gasteiger partial charge in [0.1, 0.15) is 0 Å². The highest BCUT2D eigenvalue weighted by atomic mass is 32.2. The number of aryl methyl sites for hydroxylation is 1. The fourth-order valence-electron chi connectivity index (χ4n) is 2.91. The van der Waals surface area contributed by atoms with Crippen LogP contribution in [-0.4, -0.2) is 24.7 Å². The van der Waals surface area contributed by atoms with Gasteiger partial charge >= 0.3 is 0 Å². The van der Waals surface area contributed by atoms with Crippen molar-refractivity contribution in [3.8, 4) is 17.1 Å². The number of non-ortho nitro benzene ring substituents is 1. The molecule has 0 bridgehead atoms. The molecule has 0 fully saturated rings. The summed E-state index contributed by atoms with van der Waals surface area (Å²) in [6.45, 7) is 2.05. The Labute approximate surface area is 171 Å². The van der Waals surface area contributed by atoms with Crippen molar-refractivity contribution in [1.82, 2.24) is 19.7 Å². The highest BCUT2D eigenvalue weighted by Crippen LogP contribution is 2.30. The first-order valence-corrected chi connectivity index (χ1v) is 9.89. The molecule has 0 radical (unpaired) electrons. The molecule has 144 valence electrons. The molecule has 0 aliphatic heterocycles. The van der Waals surface area contributed by atoms with Gasteiger partial charge in [-0.1, -0.05) is 36.0 Å². The zero-order valence-electron chi connectivity index (χ0n) is 15.6. The highest BCUT2D eigenvalue weighted by molar-refractivity contribution is 7.98. The molecule has 0 amide bonds. The second-order valence-electron chi connectivity index (χ2n) is 6.43. The average Bonchev–Trinajstić information content (AvgIpc) is 3.17. The van der Waals surface area contributed by atoms with Gasteiger partial charge < -0.3 is 0 Å². The van der Waals surface area contributed by atoms with Crippen molar-refractivity contribution in [2.24, 2.45) is 0 Å². The lowest BCUT2D eigenvalue weighted by molar-refractivity contribution is -0.384. The molecule has 0 aliphatic carbocycles. The molecule has 0 N–H and O–H groups in total. The molecule has 2 aromatic heterocycles. The van der Waals surface area contributed by atoms with Gasteiger partial charge in [0, 0.05) is 41.5 Å². The molecule has 2 heterocycles. The molecule has 29 heavy (non-hydrogen) atoms. The molecule has 0 saturated carbocycles. The van der Waals surface area contributed by atoms with Crippen molar-refractivity contribution in [1.29, 1.82) is 0 Å². The van der Waals surface area contributed by atoms with Crippen molar-refractivity contribution in [2.45, 2.75) is 17.8 Å². The Morgan fingerprint density at radius 2 is 1.79 bits per heavy atom. The smallest absolute Gasteiger partial charge is 0.269 e. The number of pyridine rings is 1.